The van der Waals surface area contributed by atoms with Crippen LogP contribution in [-0.2, 0) is 12.8 Å². The lowest BCUT2D eigenvalue weighted by Gasteiger charge is -2.18. The minimum Gasteiger partial charge on any atom is -0.341 e. The van der Waals surface area contributed by atoms with E-state index in [0.717, 1.165) is 17.8 Å². The van der Waals surface area contributed by atoms with E-state index >= 15 is 0 Å². The molecule has 4 nitrogen and oxygen atoms in total. The topological polar surface area (TPSA) is 46.4 Å². The quantitative estimate of drug-likeness (QED) is 0.287. The zero-order valence-corrected chi connectivity index (χ0v) is 19.5. The van der Waals surface area contributed by atoms with Crippen molar-refractivity contribution < 1.29 is 0 Å². The molecule has 168 valence electrons. The van der Waals surface area contributed by atoms with Gasteiger partial charge in [0.05, 0.1) is 0 Å². The fourth-order valence-corrected chi connectivity index (χ4v) is 3.51. The molecule has 4 heteroatoms. The van der Waals surface area contributed by atoms with Crippen LogP contribution in [0.25, 0.3) is 6.20 Å². The van der Waals surface area contributed by atoms with Crippen molar-refractivity contribution in [2.45, 2.75) is 33.6 Å². The van der Waals surface area contributed by atoms with Crippen molar-refractivity contribution in [1.29, 1.82) is 0 Å². The molecule has 0 aliphatic carbocycles. The van der Waals surface area contributed by atoms with Crippen molar-refractivity contribution in [3.8, 4) is 0 Å². The summed E-state index contributed by atoms with van der Waals surface area (Å²) < 4.78 is 1.96. The molecule has 33 heavy (non-hydrogen) atoms. The molecule has 1 heterocycles. The summed E-state index contributed by atoms with van der Waals surface area (Å²) in [4.78, 5) is 18.0. The second-order valence-corrected chi connectivity index (χ2v) is 7.67. The van der Waals surface area contributed by atoms with E-state index in [1.165, 1.54) is 5.56 Å². The molecule has 0 bridgehead atoms. The third kappa shape index (κ3) is 6.78. The van der Waals surface area contributed by atoms with Crippen LogP contribution in [0.1, 0.15) is 31.9 Å². The predicted molar refractivity (Wildman–Crippen MR) is 142 cm³/mol. The van der Waals surface area contributed by atoms with Gasteiger partial charge in [-0.1, -0.05) is 79.8 Å². The summed E-state index contributed by atoms with van der Waals surface area (Å²) in [5, 5.41) is 3.38. The Kier molecular flexibility index (Phi) is 8.78. The highest BCUT2D eigenvalue weighted by Gasteiger charge is 2.14. The van der Waals surface area contributed by atoms with Crippen LogP contribution in [0.4, 0.5) is 17.3 Å². The summed E-state index contributed by atoms with van der Waals surface area (Å²) in [7, 11) is 0. The number of pyridine rings is 1. The molecule has 3 rings (SSSR count). The first kappa shape index (κ1) is 23.7. The van der Waals surface area contributed by atoms with Crippen LogP contribution in [-0.4, -0.2) is 10.3 Å². The Morgan fingerprint density at radius 2 is 1.64 bits per heavy atom. The van der Waals surface area contributed by atoms with Gasteiger partial charge in [-0.2, -0.15) is 0 Å². The summed E-state index contributed by atoms with van der Waals surface area (Å²) in [5.74, 6) is 1.33. The Morgan fingerprint density at radius 1 is 0.970 bits per heavy atom. The molecule has 0 saturated carbocycles. The number of allylic oxidation sites excluding steroid dienone is 5. The SMILES string of the molecule is C\C=C/C=C\C=C\n1c(Nc2ccccc2)cc(=O)c(CC)c1/N=C(\C)Cc1ccccc1. The molecule has 3 aromatic rings. The van der Waals surface area contributed by atoms with Crippen LogP contribution in [0.2, 0.25) is 0 Å². The van der Waals surface area contributed by atoms with Gasteiger partial charge >= 0.3 is 0 Å². The Hall–Kier alpha value is -3.92. The number of aromatic nitrogens is 1. The predicted octanol–water partition coefficient (Wildman–Crippen LogP) is 7.09. The van der Waals surface area contributed by atoms with E-state index in [4.69, 9.17) is 4.99 Å². The average Bonchev–Trinajstić information content (AvgIpc) is 2.82. The zero-order valence-electron chi connectivity index (χ0n) is 19.5. The van der Waals surface area contributed by atoms with Gasteiger partial charge in [-0.3, -0.25) is 9.36 Å². The van der Waals surface area contributed by atoms with Gasteiger partial charge in [0, 0.05) is 35.6 Å². The molecular formula is C29H31N3O. The number of para-hydroxylation sites is 1. The summed E-state index contributed by atoms with van der Waals surface area (Å²) >= 11 is 0. The first-order chi connectivity index (χ1) is 16.1. The van der Waals surface area contributed by atoms with Crippen molar-refractivity contribution in [3.63, 3.8) is 0 Å². The largest absolute Gasteiger partial charge is 0.341 e. The van der Waals surface area contributed by atoms with Gasteiger partial charge in [-0.25, -0.2) is 4.99 Å². The fraction of sp³-hybridized carbons (Fsp3) is 0.172. The van der Waals surface area contributed by atoms with Gasteiger partial charge in [0.1, 0.15) is 11.6 Å². The number of anilines is 2. The van der Waals surface area contributed by atoms with Crippen molar-refractivity contribution in [2.24, 2.45) is 4.99 Å². The molecule has 0 fully saturated rings. The normalized spacial score (nSPS) is 12.3. The Balaban J connectivity index is 2.12. The van der Waals surface area contributed by atoms with Crippen molar-refractivity contribution >= 4 is 29.2 Å². The van der Waals surface area contributed by atoms with Crippen LogP contribution in [0.5, 0.6) is 0 Å². The van der Waals surface area contributed by atoms with Gasteiger partial charge in [0.25, 0.3) is 0 Å². The maximum Gasteiger partial charge on any atom is 0.189 e. The molecule has 1 aromatic heterocycles. The lowest BCUT2D eigenvalue weighted by molar-refractivity contribution is 1.01. The Labute approximate surface area is 196 Å². The van der Waals surface area contributed by atoms with Crippen molar-refractivity contribution in [2.75, 3.05) is 5.32 Å². The van der Waals surface area contributed by atoms with Gasteiger partial charge in [-0.05, 0) is 44.0 Å². The van der Waals surface area contributed by atoms with E-state index < -0.39 is 0 Å². The summed E-state index contributed by atoms with van der Waals surface area (Å²) in [5.41, 5.74) is 3.72. The van der Waals surface area contributed by atoms with Crippen LogP contribution in [0.3, 0.4) is 0 Å². The number of rotatable bonds is 9. The molecule has 0 amide bonds. The Bertz CT molecular complexity index is 1220. The number of benzene rings is 2. The first-order valence-corrected chi connectivity index (χ1v) is 11.3. The van der Waals surface area contributed by atoms with Crippen LogP contribution >= 0.6 is 0 Å². The molecule has 1 N–H and O–H groups in total. The van der Waals surface area contributed by atoms with Crippen molar-refractivity contribution in [1.82, 2.24) is 4.57 Å². The van der Waals surface area contributed by atoms with Gasteiger partial charge < -0.3 is 5.32 Å². The summed E-state index contributed by atoms with van der Waals surface area (Å²) in [6.07, 6.45) is 13.1. The minimum atomic E-state index is -0.0173. The third-order valence-electron chi connectivity index (χ3n) is 5.08. The molecular weight excluding hydrogens is 406 g/mol. The summed E-state index contributed by atoms with van der Waals surface area (Å²) in [6, 6.07) is 21.7. The maximum atomic E-state index is 13.0. The number of nitrogens with zero attached hydrogens (tertiary/aromatic N) is 2. The molecule has 0 atom stereocenters. The molecule has 2 aromatic carbocycles. The van der Waals surface area contributed by atoms with Gasteiger partial charge in [0.2, 0.25) is 0 Å². The third-order valence-corrected chi connectivity index (χ3v) is 5.08. The molecule has 0 aliphatic heterocycles. The highest BCUT2D eigenvalue weighted by Crippen LogP contribution is 2.26. The fourth-order valence-electron chi connectivity index (χ4n) is 3.51. The van der Waals surface area contributed by atoms with E-state index in [-0.39, 0.29) is 5.43 Å². The average molecular weight is 438 g/mol. The maximum absolute atomic E-state index is 13.0. The van der Waals surface area contributed by atoms with Crippen LogP contribution < -0.4 is 10.7 Å². The Morgan fingerprint density at radius 3 is 2.30 bits per heavy atom. The van der Waals surface area contributed by atoms with E-state index in [9.17, 15) is 4.79 Å². The molecule has 0 unspecified atom stereocenters. The number of hydrogen-bond donors (Lipinski definition) is 1. The van der Waals surface area contributed by atoms with E-state index in [1.807, 2.05) is 110 Å². The number of nitrogens with one attached hydrogen (secondary N) is 1. The standard InChI is InChI=1S/C29H31N3O/c1-4-6-7-8-15-20-32-28(31-25-18-13-10-14-19-25)22-27(33)26(5-2)29(32)30-23(3)21-24-16-11-9-12-17-24/h4,6-20,22,31H,5,21H2,1-3H3/b6-4-,8-7-,20-15+,30-23+. The van der Waals surface area contributed by atoms with E-state index in [1.54, 1.807) is 6.07 Å². The summed E-state index contributed by atoms with van der Waals surface area (Å²) in [6.45, 7) is 5.98. The zero-order chi connectivity index (χ0) is 23.5. The van der Waals surface area contributed by atoms with Gasteiger partial charge in [-0.15, -0.1) is 0 Å². The molecule has 0 radical (unpaired) electrons. The molecule has 0 spiro atoms. The first-order valence-electron chi connectivity index (χ1n) is 11.3. The lowest BCUT2D eigenvalue weighted by atomic mass is 10.1. The molecule has 0 saturated heterocycles. The second kappa shape index (κ2) is 12.2. The lowest BCUT2D eigenvalue weighted by Crippen LogP contribution is -2.15. The van der Waals surface area contributed by atoms with Crippen molar-refractivity contribution in [3.05, 3.63) is 118 Å². The highest BCUT2D eigenvalue weighted by atomic mass is 16.1. The molecule has 0 aliphatic rings. The number of aliphatic imine (C=N–C) groups is 1. The van der Waals surface area contributed by atoms with E-state index in [2.05, 4.69) is 17.4 Å². The highest BCUT2D eigenvalue weighted by molar-refractivity contribution is 5.87. The van der Waals surface area contributed by atoms with E-state index in [0.29, 0.717) is 23.6 Å². The minimum absolute atomic E-state index is 0.0173. The number of hydrogen-bond acceptors (Lipinski definition) is 3. The van der Waals surface area contributed by atoms with Gasteiger partial charge in [0.15, 0.2) is 5.43 Å². The van der Waals surface area contributed by atoms with Crippen LogP contribution in [0.15, 0.2) is 107 Å². The smallest absolute Gasteiger partial charge is 0.189 e. The van der Waals surface area contributed by atoms with Crippen LogP contribution in [0, 0.1) is 0 Å². The monoisotopic (exact) mass is 437 g/mol. The second-order valence-electron chi connectivity index (χ2n) is 7.67.